The first-order valence-electron chi connectivity index (χ1n) is 7.34. The largest absolute Gasteiger partial charge is 0.369 e. The van der Waals surface area contributed by atoms with Gasteiger partial charge in [-0.05, 0) is 64.2 Å². The van der Waals surface area contributed by atoms with Gasteiger partial charge in [0.1, 0.15) is 0 Å². The molecule has 3 rings (SSSR count). The third kappa shape index (κ3) is 4.05. The first-order valence-corrected chi connectivity index (χ1v) is 8.13. The normalized spacial score (nSPS) is 14.2. The molecule has 3 nitrogen and oxygen atoms in total. The van der Waals surface area contributed by atoms with E-state index in [9.17, 15) is 0 Å². The average molecular weight is 346 g/mol. The number of benzene rings is 1. The summed E-state index contributed by atoms with van der Waals surface area (Å²) in [4.78, 5) is 6.31. The molecule has 0 amide bonds. The second-order valence-electron chi connectivity index (χ2n) is 5.65. The smallest absolute Gasteiger partial charge is 0.0511 e. The minimum atomic E-state index is 0.748. The molecule has 1 saturated carbocycles. The summed E-state index contributed by atoms with van der Waals surface area (Å²) >= 11 is 3.70. The fourth-order valence-corrected chi connectivity index (χ4v) is 3.10. The third-order valence-electron chi connectivity index (χ3n) is 3.76. The van der Waals surface area contributed by atoms with E-state index in [4.69, 9.17) is 0 Å². The van der Waals surface area contributed by atoms with Crippen LogP contribution in [0.4, 0.5) is 5.69 Å². The standard InChI is InChI=1S/C17H20BrN3/c1-21(12-13-6-8-19-9-7-13)17-5-2-14(10-16(17)18)11-20-15-3-4-15/h2,5-10,15,20H,3-4,11-12H2,1H3. The van der Waals surface area contributed by atoms with Crippen LogP contribution in [0.5, 0.6) is 0 Å². The number of nitrogens with one attached hydrogen (secondary N) is 1. The highest BCUT2D eigenvalue weighted by Crippen LogP contribution is 2.28. The van der Waals surface area contributed by atoms with Gasteiger partial charge in [-0.25, -0.2) is 0 Å². The van der Waals surface area contributed by atoms with Crippen molar-refractivity contribution >= 4 is 21.6 Å². The molecule has 1 heterocycles. The topological polar surface area (TPSA) is 28.2 Å². The summed E-state index contributed by atoms with van der Waals surface area (Å²) in [6.45, 7) is 1.83. The van der Waals surface area contributed by atoms with Gasteiger partial charge < -0.3 is 10.2 Å². The zero-order valence-electron chi connectivity index (χ0n) is 12.2. The van der Waals surface area contributed by atoms with E-state index in [0.717, 1.165) is 23.6 Å². The van der Waals surface area contributed by atoms with Crippen molar-refractivity contribution in [2.75, 3.05) is 11.9 Å². The zero-order chi connectivity index (χ0) is 14.7. The molecule has 0 spiro atoms. The highest BCUT2D eigenvalue weighted by atomic mass is 79.9. The van der Waals surface area contributed by atoms with Crippen LogP contribution in [0.1, 0.15) is 24.0 Å². The Morgan fingerprint density at radius 1 is 1.19 bits per heavy atom. The molecule has 0 unspecified atom stereocenters. The van der Waals surface area contributed by atoms with E-state index >= 15 is 0 Å². The molecule has 0 saturated heterocycles. The van der Waals surface area contributed by atoms with Gasteiger partial charge in [-0.2, -0.15) is 0 Å². The molecule has 1 aliphatic rings. The number of hydrogen-bond donors (Lipinski definition) is 1. The lowest BCUT2D eigenvalue weighted by Crippen LogP contribution is -2.18. The van der Waals surface area contributed by atoms with Crippen molar-refractivity contribution in [1.29, 1.82) is 0 Å². The lowest BCUT2D eigenvalue weighted by Gasteiger charge is -2.21. The van der Waals surface area contributed by atoms with Crippen LogP contribution < -0.4 is 10.2 Å². The molecule has 0 atom stereocenters. The molecule has 110 valence electrons. The average Bonchev–Trinajstić information content (AvgIpc) is 3.30. The summed E-state index contributed by atoms with van der Waals surface area (Å²) in [5.41, 5.74) is 3.80. The fourth-order valence-electron chi connectivity index (χ4n) is 2.37. The van der Waals surface area contributed by atoms with Gasteiger partial charge >= 0.3 is 0 Å². The van der Waals surface area contributed by atoms with Crippen LogP contribution in [0.25, 0.3) is 0 Å². The van der Waals surface area contributed by atoms with E-state index < -0.39 is 0 Å². The quantitative estimate of drug-likeness (QED) is 0.864. The fraction of sp³-hybridized carbons (Fsp3) is 0.353. The molecule has 1 aliphatic carbocycles. The summed E-state index contributed by atoms with van der Waals surface area (Å²) in [5.74, 6) is 0. The van der Waals surface area contributed by atoms with Crippen molar-refractivity contribution in [2.24, 2.45) is 0 Å². The number of aromatic nitrogens is 1. The zero-order valence-corrected chi connectivity index (χ0v) is 13.8. The molecular formula is C17H20BrN3. The summed E-state index contributed by atoms with van der Waals surface area (Å²) in [6, 6.07) is 11.5. The van der Waals surface area contributed by atoms with Crippen molar-refractivity contribution in [2.45, 2.75) is 32.0 Å². The van der Waals surface area contributed by atoms with Crippen LogP contribution in [0.2, 0.25) is 0 Å². The van der Waals surface area contributed by atoms with Gasteiger partial charge in [-0.3, -0.25) is 4.98 Å². The van der Waals surface area contributed by atoms with E-state index in [1.165, 1.54) is 29.7 Å². The molecule has 4 heteroatoms. The lowest BCUT2D eigenvalue weighted by atomic mass is 10.2. The maximum atomic E-state index is 4.06. The molecular weight excluding hydrogens is 326 g/mol. The molecule has 1 aromatic carbocycles. The van der Waals surface area contributed by atoms with Crippen LogP contribution >= 0.6 is 15.9 Å². The molecule has 2 aromatic rings. The molecule has 1 aromatic heterocycles. The van der Waals surface area contributed by atoms with Crippen molar-refractivity contribution in [3.05, 3.63) is 58.3 Å². The Morgan fingerprint density at radius 2 is 1.95 bits per heavy atom. The highest BCUT2D eigenvalue weighted by molar-refractivity contribution is 9.10. The van der Waals surface area contributed by atoms with E-state index in [0.29, 0.717) is 0 Å². The maximum Gasteiger partial charge on any atom is 0.0511 e. The van der Waals surface area contributed by atoms with Crippen LogP contribution in [0.3, 0.4) is 0 Å². The van der Waals surface area contributed by atoms with Gasteiger partial charge in [0.25, 0.3) is 0 Å². The Morgan fingerprint density at radius 3 is 2.62 bits per heavy atom. The molecule has 0 radical (unpaired) electrons. The molecule has 21 heavy (non-hydrogen) atoms. The van der Waals surface area contributed by atoms with E-state index in [1.807, 2.05) is 12.4 Å². The van der Waals surface area contributed by atoms with E-state index in [2.05, 4.69) is 68.5 Å². The predicted molar refractivity (Wildman–Crippen MR) is 90.3 cm³/mol. The third-order valence-corrected chi connectivity index (χ3v) is 4.40. The van der Waals surface area contributed by atoms with E-state index in [-0.39, 0.29) is 0 Å². The Labute approximate surface area is 134 Å². The Kier molecular flexibility index (Phi) is 4.56. The Bertz CT molecular complexity index is 596. The molecule has 1 N–H and O–H groups in total. The Hall–Kier alpha value is -1.39. The lowest BCUT2D eigenvalue weighted by molar-refractivity contribution is 0.687. The molecule has 0 aliphatic heterocycles. The SMILES string of the molecule is CN(Cc1ccncc1)c1ccc(CNC2CC2)cc1Br. The number of rotatable bonds is 6. The second-order valence-corrected chi connectivity index (χ2v) is 6.51. The highest BCUT2D eigenvalue weighted by Gasteiger charge is 2.20. The summed E-state index contributed by atoms with van der Waals surface area (Å²) in [7, 11) is 2.11. The van der Waals surface area contributed by atoms with Crippen LogP contribution in [-0.2, 0) is 13.1 Å². The van der Waals surface area contributed by atoms with Crippen LogP contribution in [0, 0.1) is 0 Å². The van der Waals surface area contributed by atoms with Gasteiger partial charge in [-0.1, -0.05) is 6.07 Å². The first-order chi connectivity index (χ1) is 10.2. The van der Waals surface area contributed by atoms with Gasteiger partial charge in [0.05, 0.1) is 5.69 Å². The van der Waals surface area contributed by atoms with Gasteiger partial charge in [-0.15, -0.1) is 0 Å². The molecule has 0 bridgehead atoms. The number of nitrogens with zero attached hydrogens (tertiary/aromatic N) is 2. The minimum absolute atomic E-state index is 0.748. The number of hydrogen-bond acceptors (Lipinski definition) is 3. The monoisotopic (exact) mass is 345 g/mol. The van der Waals surface area contributed by atoms with E-state index in [1.54, 1.807) is 0 Å². The van der Waals surface area contributed by atoms with Crippen molar-refractivity contribution < 1.29 is 0 Å². The summed E-state index contributed by atoms with van der Waals surface area (Å²) in [6.07, 6.45) is 6.33. The Balaban J connectivity index is 1.66. The maximum absolute atomic E-state index is 4.06. The second kappa shape index (κ2) is 6.58. The number of anilines is 1. The van der Waals surface area contributed by atoms with Crippen LogP contribution in [0.15, 0.2) is 47.2 Å². The van der Waals surface area contributed by atoms with Gasteiger partial charge in [0, 0.05) is 43.0 Å². The van der Waals surface area contributed by atoms with Gasteiger partial charge in [0.15, 0.2) is 0 Å². The summed E-state index contributed by atoms with van der Waals surface area (Å²) < 4.78 is 1.15. The first kappa shape index (κ1) is 14.5. The van der Waals surface area contributed by atoms with Crippen molar-refractivity contribution in [3.8, 4) is 0 Å². The number of halogens is 1. The van der Waals surface area contributed by atoms with Crippen molar-refractivity contribution in [1.82, 2.24) is 10.3 Å². The predicted octanol–water partition coefficient (Wildman–Crippen LogP) is 3.73. The summed E-state index contributed by atoms with van der Waals surface area (Å²) in [5, 5.41) is 3.55. The van der Waals surface area contributed by atoms with Crippen molar-refractivity contribution in [3.63, 3.8) is 0 Å². The van der Waals surface area contributed by atoms with Crippen LogP contribution in [-0.4, -0.2) is 18.1 Å². The molecule has 1 fully saturated rings. The number of pyridine rings is 1. The minimum Gasteiger partial charge on any atom is -0.369 e. The van der Waals surface area contributed by atoms with Gasteiger partial charge in [0.2, 0.25) is 0 Å².